The van der Waals surface area contributed by atoms with E-state index in [4.69, 9.17) is 9.47 Å². The lowest BCUT2D eigenvalue weighted by molar-refractivity contribution is -0.124. The number of benzene rings is 1. The molecule has 0 radical (unpaired) electrons. The lowest BCUT2D eigenvalue weighted by Crippen LogP contribution is -2.47. The summed E-state index contributed by atoms with van der Waals surface area (Å²) in [7, 11) is -3.75. The molecule has 3 heterocycles. The van der Waals surface area contributed by atoms with Crippen LogP contribution in [-0.4, -0.2) is 79.1 Å². The van der Waals surface area contributed by atoms with Gasteiger partial charge in [0.25, 0.3) is 0 Å². The normalized spacial score (nSPS) is 22.2. The second-order valence-corrected chi connectivity index (χ2v) is 11.6. The number of aryl methyl sites for hydroxylation is 1. The second kappa shape index (κ2) is 11.2. The largest absolute Gasteiger partial charge is 0.392 e. The monoisotopic (exact) mass is 509 g/mol. The van der Waals surface area contributed by atoms with Gasteiger partial charge < -0.3 is 19.9 Å². The van der Waals surface area contributed by atoms with E-state index in [0.29, 0.717) is 13.2 Å². The quantitative estimate of drug-likeness (QED) is 0.528. The van der Waals surface area contributed by atoms with Gasteiger partial charge in [0.1, 0.15) is 6.04 Å². The Morgan fingerprint density at radius 3 is 2.71 bits per heavy atom. The van der Waals surface area contributed by atoms with Crippen molar-refractivity contribution in [3.8, 4) is 10.4 Å². The van der Waals surface area contributed by atoms with E-state index in [1.54, 1.807) is 11.3 Å². The van der Waals surface area contributed by atoms with Crippen molar-refractivity contribution in [2.24, 2.45) is 0 Å². The van der Waals surface area contributed by atoms with Gasteiger partial charge >= 0.3 is 0 Å². The molecule has 0 saturated carbocycles. The van der Waals surface area contributed by atoms with Gasteiger partial charge in [0.15, 0.2) is 0 Å². The highest BCUT2D eigenvalue weighted by atomic mass is 32.2. The number of β-amino-alcohol motifs (C(OH)–C–C–N with tert-alkyl or cyclic N) is 1. The van der Waals surface area contributed by atoms with Gasteiger partial charge in [-0.1, -0.05) is 24.3 Å². The Kier molecular flexibility index (Phi) is 8.33. The predicted octanol–water partition coefficient (Wildman–Crippen LogP) is 1.70. The van der Waals surface area contributed by atoms with Crippen molar-refractivity contribution in [3.05, 3.63) is 41.0 Å². The molecule has 2 fully saturated rings. The zero-order valence-electron chi connectivity index (χ0n) is 19.2. The molecule has 1 aromatic carbocycles. The van der Waals surface area contributed by atoms with Crippen molar-refractivity contribution >= 4 is 27.3 Å². The molecule has 1 amide bonds. The molecule has 2 N–H and O–H groups in total. The lowest BCUT2D eigenvalue weighted by atomic mass is 10.1. The van der Waals surface area contributed by atoms with Gasteiger partial charge in [0.2, 0.25) is 15.9 Å². The van der Waals surface area contributed by atoms with Gasteiger partial charge in [0, 0.05) is 32.7 Å². The third kappa shape index (κ3) is 6.21. The van der Waals surface area contributed by atoms with Crippen molar-refractivity contribution in [1.82, 2.24) is 14.6 Å². The van der Waals surface area contributed by atoms with E-state index in [2.05, 4.69) is 10.3 Å². The van der Waals surface area contributed by atoms with Gasteiger partial charge in [-0.15, -0.1) is 11.3 Å². The Balaban J connectivity index is 1.31. The number of sulfonamides is 1. The van der Waals surface area contributed by atoms with E-state index in [0.717, 1.165) is 38.8 Å². The molecular weight excluding hydrogens is 478 g/mol. The van der Waals surface area contributed by atoms with Crippen LogP contribution >= 0.6 is 11.3 Å². The summed E-state index contributed by atoms with van der Waals surface area (Å²) in [4.78, 5) is 18.2. The fourth-order valence-electron chi connectivity index (χ4n) is 4.27. The summed E-state index contributed by atoms with van der Waals surface area (Å²) >= 11 is 1.58. The molecule has 2 aliphatic rings. The predicted molar refractivity (Wildman–Crippen MR) is 129 cm³/mol. The number of hydrogen-bond donors (Lipinski definition) is 2. The van der Waals surface area contributed by atoms with Gasteiger partial charge in [-0.2, -0.15) is 4.31 Å². The maximum absolute atomic E-state index is 12.9. The van der Waals surface area contributed by atoms with Crippen molar-refractivity contribution in [3.63, 3.8) is 0 Å². The number of hydrogen-bond acceptors (Lipinski definition) is 8. The Labute approximate surface area is 204 Å². The Morgan fingerprint density at radius 1 is 1.29 bits per heavy atom. The molecule has 2 atom stereocenters. The Hall–Kier alpha value is -1.89. The lowest BCUT2D eigenvalue weighted by Gasteiger charge is -2.25. The zero-order valence-corrected chi connectivity index (χ0v) is 20.8. The van der Waals surface area contributed by atoms with Crippen LogP contribution in [0.3, 0.4) is 0 Å². The number of thiazole rings is 1. The summed E-state index contributed by atoms with van der Waals surface area (Å²) in [5.41, 5.74) is 4.75. The molecule has 2 aliphatic heterocycles. The molecule has 9 nitrogen and oxygen atoms in total. The third-order valence-electron chi connectivity index (χ3n) is 6.19. The number of nitrogens with one attached hydrogen (secondary N) is 1. The van der Waals surface area contributed by atoms with Crippen LogP contribution < -0.4 is 5.32 Å². The molecule has 0 aliphatic carbocycles. The third-order valence-corrected chi connectivity index (χ3v) is 8.96. The highest BCUT2D eigenvalue weighted by Crippen LogP contribution is 2.27. The smallest absolute Gasteiger partial charge is 0.238 e. The van der Waals surface area contributed by atoms with E-state index in [-0.39, 0.29) is 38.0 Å². The van der Waals surface area contributed by atoms with Crippen molar-refractivity contribution in [2.45, 2.75) is 51.0 Å². The number of aromatic nitrogens is 1. The Bertz CT molecular complexity index is 1070. The summed E-state index contributed by atoms with van der Waals surface area (Å²) in [6.45, 7) is 3.44. The first-order valence-corrected chi connectivity index (χ1v) is 14.0. The van der Waals surface area contributed by atoms with Crippen LogP contribution in [0.1, 0.15) is 30.5 Å². The average molecular weight is 510 g/mol. The molecule has 2 aromatic rings. The zero-order chi connectivity index (χ0) is 24.1. The molecule has 186 valence electrons. The molecule has 11 heteroatoms. The molecule has 1 aromatic heterocycles. The number of ether oxygens (including phenoxy) is 2. The highest BCUT2D eigenvalue weighted by molar-refractivity contribution is 7.89. The van der Waals surface area contributed by atoms with Gasteiger partial charge in [0.05, 0.1) is 40.6 Å². The summed E-state index contributed by atoms with van der Waals surface area (Å²) in [5.74, 6) is -0.632. The van der Waals surface area contributed by atoms with Gasteiger partial charge in [-0.3, -0.25) is 4.79 Å². The molecule has 34 heavy (non-hydrogen) atoms. The van der Waals surface area contributed by atoms with Crippen LogP contribution in [0.25, 0.3) is 10.4 Å². The minimum absolute atomic E-state index is 0.00130. The average Bonchev–Trinajstić information content (AvgIpc) is 3.44. The highest BCUT2D eigenvalue weighted by Gasteiger charge is 2.42. The van der Waals surface area contributed by atoms with Crippen LogP contribution in [0, 0.1) is 6.92 Å². The first kappa shape index (κ1) is 25.2. The first-order chi connectivity index (χ1) is 16.3. The minimum atomic E-state index is -3.75. The van der Waals surface area contributed by atoms with Crippen LogP contribution in [-0.2, 0) is 30.8 Å². The van der Waals surface area contributed by atoms with Crippen LogP contribution in [0.4, 0.5) is 0 Å². The van der Waals surface area contributed by atoms with Gasteiger partial charge in [-0.25, -0.2) is 13.4 Å². The standard InChI is InChI=1S/C23H31N3O6S2/c1-16-22(33-15-25-16)18-4-2-17(3-5-18)13-24-23(28)21-12-19(27)14-26(21)34(29,30)11-10-32-20-6-8-31-9-7-20/h2-5,15,19-21,27H,6-14H2,1H3,(H,24,28)/t19-,21+/m1/s1. The van der Waals surface area contributed by atoms with Crippen molar-refractivity contribution in [2.75, 3.05) is 32.1 Å². The maximum atomic E-state index is 12.9. The van der Waals surface area contributed by atoms with E-state index in [9.17, 15) is 18.3 Å². The topological polar surface area (TPSA) is 118 Å². The van der Waals surface area contributed by atoms with Crippen LogP contribution in [0.15, 0.2) is 29.8 Å². The number of amides is 1. The molecule has 0 unspecified atom stereocenters. The van der Waals surface area contributed by atoms with Crippen LogP contribution in [0.5, 0.6) is 0 Å². The minimum Gasteiger partial charge on any atom is -0.392 e. The number of rotatable bonds is 9. The maximum Gasteiger partial charge on any atom is 0.238 e. The van der Waals surface area contributed by atoms with Crippen molar-refractivity contribution < 1.29 is 27.8 Å². The SMILES string of the molecule is Cc1ncsc1-c1ccc(CNC(=O)[C@@H]2C[C@@H](O)CN2S(=O)(=O)CCOC2CCOCC2)cc1. The van der Waals surface area contributed by atoms with E-state index in [1.807, 2.05) is 36.7 Å². The van der Waals surface area contributed by atoms with Gasteiger partial charge in [-0.05, 0) is 30.9 Å². The number of aliphatic hydroxyl groups excluding tert-OH is 1. The second-order valence-electron chi connectivity index (χ2n) is 8.66. The number of aliphatic hydroxyl groups is 1. The molecule has 0 spiro atoms. The molecule has 2 saturated heterocycles. The summed E-state index contributed by atoms with van der Waals surface area (Å²) < 4.78 is 37.9. The summed E-state index contributed by atoms with van der Waals surface area (Å²) in [6.07, 6.45) is 0.703. The van der Waals surface area contributed by atoms with Crippen LogP contribution in [0.2, 0.25) is 0 Å². The van der Waals surface area contributed by atoms with Crippen molar-refractivity contribution in [1.29, 1.82) is 0 Å². The fraction of sp³-hybridized carbons (Fsp3) is 0.565. The Morgan fingerprint density at radius 2 is 2.03 bits per heavy atom. The number of carbonyl (C=O) groups is 1. The number of nitrogens with zero attached hydrogens (tertiary/aromatic N) is 2. The fourth-order valence-corrected chi connectivity index (χ4v) is 6.59. The first-order valence-electron chi connectivity index (χ1n) is 11.5. The summed E-state index contributed by atoms with van der Waals surface area (Å²) in [5, 5.41) is 12.9. The van der Waals surface area contributed by atoms with E-state index >= 15 is 0 Å². The molecule has 4 rings (SSSR count). The number of carbonyl (C=O) groups excluding carboxylic acids is 1. The van der Waals surface area contributed by atoms with E-state index in [1.165, 1.54) is 0 Å². The van der Waals surface area contributed by atoms with E-state index < -0.39 is 28.1 Å². The molecular formula is C23H31N3O6S2. The summed E-state index contributed by atoms with van der Waals surface area (Å²) in [6, 6.07) is 6.90. The molecule has 0 bridgehead atoms.